The number of nitrogens with one attached hydrogen (secondary N) is 2. The largest absolute Gasteiger partial charge is 0.497 e. The summed E-state index contributed by atoms with van der Waals surface area (Å²) in [5, 5.41) is 9.27. The van der Waals surface area contributed by atoms with Crippen LogP contribution in [0.5, 0.6) is 5.75 Å². The van der Waals surface area contributed by atoms with Gasteiger partial charge in [0.2, 0.25) is 0 Å². The number of methoxy groups -OCH3 is 1. The first-order valence-corrected chi connectivity index (χ1v) is 8.37. The predicted molar refractivity (Wildman–Crippen MR) is 95.4 cm³/mol. The number of hydrogen-bond acceptors (Lipinski definition) is 5. The standard InChI is InChI=1S/C17H21N3O3S/c1-20(2)15(12-8-9-24-11-12)10-18-16(21)17(22)19-13-4-6-14(23-3)7-5-13/h4-9,11,15H,10H2,1-3H3,(H,18,21)(H,19,22). The highest BCUT2D eigenvalue weighted by molar-refractivity contribution is 7.07. The lowest BCUT2D eigenvalue weighted by Crippen LogP contribution is -2.40. The zero-order chi connectivity index (χ0) is 17.5. The predicted octanol–water partition coefficient (Wildman–Crippen LogP) is 2.11. The van der Waals surface area contributed by atoms with Crippen LogP contribution < -0.4 is 15.4 Å². The van der Waals surface area contributed by atoms with E-state index in [1.165, 1.54) is 0 Å². The summed E-state index contributed by atoms with van der Waals surface area (Å²) in [5.41, 5.74) is 1.65. The van der Waals surface area contributed by atoms with Crippen LogP contribution in [-0.2, 0) is 9.59 Å². The first kappa shape index (κ1) is 18.0. The van der Waals surface area contributed by atoms with Gasteiger partial charge in [-0.05, 0) is 60.8 Å². The number of anilines is 1. The van der Waals surface area contributed by atoms with E-state index in [1.807, 2.05) is 35.8 Å². The highest BCUT2D eigenvalue weighted by Crippen LogP contribution is 2.20. The molecule has 1 aromatic heterocycles. The molecule has 0 bridgehead atoms. The summed E-state index contributed by atoms with van der Waals surface area (Å²) in [6, 6.07) is 8.82. The molecule has 1 heterocycles. The summed E-state index contributed by atoms with van der Waals surface area (Å²) in [6.07, 6.45) is 0. The zero-order valence-corrected chi connectivity index (χ0v) is 14.7. The maximum Gasteiger partial charge on any atom is 0.313 e. The van der Waals surface area contributed by atoms with E-state index in [1.54, 1.807) is 42.7 Å². The Morgan fingerprint density at radius 1 is 1.17 bits per heavy atom. The number of ether oxygens (including phenoxy) is 1. The lowest BCUT2D eigenvalue weighted by molar-refractivity contribution is -0.136. The lowest BCUT2D eigenvalue weighted by Gasteiger charge is -2.23. The third kappa shape index (κ3) is 4.81. The normalized spacial score (nSPS) is 11.8. The molecule has 0 aliphatic carbocycles. The molecule has 1 aromatic carbocycles. The van der Waals surface area contributed by atoms with E-state index in [0.29, 0.717) is 18.0 Å². The highest BCUT2D eigenvalue weighted by Gasteiger charge is 2.19. The lowest BCUT2D eigenvalue weighted by atomic mass is 10.1. The SMILES string of the molecule is COc1ccc(NC(=O)C(=O)NCC(c2ccsc2)N(C)C)cc1. The van der Waals surface area contributed by atoms with Gasteiger partial charge in [0.05, 0.1) is 13.2 Å². The Bertz CT molecular complexity index is 669. The first-order chi connectivity index (χ1) is 11.5. The van der Waals surface area contributed by atoms with Crippen molar-refractivity contribution in [3.8, 4) is 5.75 Å². The first-order valence-electron chi connectivity index (χ1n) is 7.43. The summed E-state index contributed by atoms with van der Waals surface area (Å²) < 4.78 is 5.05. The van der Waals surface area contributed by atoms with Crippen LogP contribution in [0.25, 0.3) is 0 Å². The fraction of sp³-hybridized carbons (Fsp3) is 0.294. The van der Waals surface area contributed by atoms with Gasteiger partial charge in [-0.2, -0.15) is 11.3 Å². The summed E-state index contributed by atoms with van der Waals surface area (Å²) in [7, 11) is 5.44. The number of thiophene rings is 1. The van der Waals surface area contributed by atoms with Crippen molar-refractivity contribution in [2.45, 2.75) is 6.04 Å². The Kier molecular flexibility index (Phi) is 6.34. The van der Waals surface area contributed by atoms with Gasteiger partial charge >= 0.3 is 11.8 Å². The van der Waals surface area contributed by atoms with Crippen LogP contribution in [0.3, 0.4) is 0 Å². The van der Waals surface area contributed by atoms with Crippen molar-refractivity contribution in [2.24, 2.45) is 0 Å². The average Bonchev–Trinajstić information content (AvgIpc) is 3.09. The van der Waals surface area contributed by atoms with Gasteiger partial charge in [0.25, 0.3) is 0 Å². The number of hydrogen-bond donors (Lipinski definition) is 2. The van der Waals surface area contributed by atoms with Crippen molar-refractivity contribution >= 4 is 28.8 Å². The van der Waals surface area contributed by atoms with E-state index < -0.39 is 11.8 Å². The molecule has 7 heteroatoms. The number of carbonyl (C=O) groups excluding carboxylic acids is 2. The third-order valence-electron chi connectivity index (χ3n) is 3.56. The second kappa shape index (κ2) is 8.47. The minimum Gasteiger partial charge on any atom is -0.497 e. The molecule has 0 saturated carbocycles. The van der Waals surface area contributed by atoms with Crippen LogP contribution in [0.15, 0.2) is 41.1 Å². The van der Waals surface area contributed by atoms with Crippen molar-refractivity contribution in [1.82, 2.24) is 10.2 Å². The van der Waals surface area contributed by atoms with E-state index in [0.717, 1.165) is 5.56 Å². The van der Waals surface area contributed by atoms with Crippen molar-refractivity contribution in [2.75, 3.05) is 33.1 Å². The van der Waals surface area contributed by atoms with Gasteiger partial charge in [0.1, 0.15) is 5.75 Å². The molecule has 0 saturated heterocycles. The molecule has 1 atom stereocenters. The van der Waals surface area contributed by atoms with E-state index in [9.17, 15) is 9.59 Å². The van der Waals surface area contributed by atoms with Gasteiger partial charge in [0.15, 0.2) is 0 Å². The summed E-state index contributed by atoms with van der Waals surface area (Å²) in [5.74, 6) is -0.669. The van der Waals surface area contributed by atoms with Gasteiger partial charge in [-0.15, -0.1) is 0 Å². The van der Waals surface area contributed by atoms with Crippen molar-refractivity contribution < 1.29 is 14.3 Å². The molecule has 1 unspecified atom stereocenters. The molecule has 0 fully saturated rings. The molecule has 0 radical (unpaired) electrons. The Morgan fingerprint density at radius 3 is 2.42 bits per heavy atom. The number of amides is 2. The molecule has 2 amide bonds. The Morgan fingerprint density at radius 2 is 1.88 bits per heavy atom. The minimum absolute atomic E-state index is 0.0222. The summed E-state index contributed by atoms with van der Waals surface area (Å²) in [6.45, 7) is 0.360. The van der Waals surface area contributed by atoms with Crippen LogP contribution in [0.1, 0.15) is 11.6 Å². The molecule has 6 nitrogen and oxygen atoms in total. The van der Waals surface area contributed by atoms with Crippen LogP contribution in [0, 0.1) is 0 Å². The molecule has 2 rings (SSSR count). The second-order valence-electron chi connectivity index (χ2n) is 5.43. The van der Waals surface area contributed by atoms with Gasteiger partial charge in [0, 0.05) is 12.2 Å². The maximum absolute atomic E-state index is 12.0. The molecule has 128 valence electrons. The molecule has 24 heavy (non-hydrogen) atoms. The molecule has 0 spiro atoms. The van der Waals surface area contributed by atoms with Gasteiger partial charge < -0.3 is 20.3 Å². The Hall–Kier alpha value is -2.38. The average molecular weight is 347 g/mol. The Balaban J connectivity index is 1.89. The van der Waals surface area contributed by atoms with Crippen LogP contribution in [-0.4, -0.2) is 44.5 Å². The van der Waals surface area contributed by atoms with Crippen molar-refractivity contribution in [3.05, 3.63) is 46.7 Å². The van der Waals surface area contributed by atoms with E-state index in [2.05, 4.69) is 10.6 Å². The van der Waals surface area contributed by atoms with E-state index in [4.69, 9.17) is 4.74 Å². The maximum atomic E-state index is 12.0. The molecule has 0 aliphatic rings. The molecule has 0 aliphatic heterocycles. The van der Waals surface area contributed by atoms with Gasteiger partial charge in [-0.25, -0.2) is 0 Å². The quantitative estimate of drug-likeness (QED) is 0.785. The van der Waals surface area contributed by atoms with Crippen LogP contribution in [0.2, 0.25) is 0 Å². The van der Waals surface area contributed by atoms with Crippen molar-refractivity contribution in [3.63, 3.8) is 0 Å². The van der Waals surface area contributed by atoms with Gasteiger partial charge in [-0.1, -0.05) is 0 Å². The number of likely N-dealkylation sites (N-methyl/N-ethyl adjacent to an activating group) is 1. The number of benzene rings is 1. The van der Waals surface area contributed by atoms with E-state index in [-0.39, 0.29) is 6.04 Å². The number of nitrogens with zero attached hydrogens (tertiary/aromatic N) is 1. The number of rotatable bonds is 6. The number of carbonyl (C=O) groups is 2. The fourth-order valence-corrected chi connectivity index (χ4v) is 2.90. The molecular formula is C17H21N3O3S. The van der Waals surface area contributed by atoms with Crippen LogP contribution in [0.4, 0.5) is 5.69 Å². The second-order valence-corrected chi connectivity index (χ2v) is 6.21. The highest BCUT2D eigenvalue weighted by atomic mass is 32.1. The van der Waals surface area contributed by atoms with Crippen LogP contribution >= 0.6 is 11.3 Å². The smallest absolute Gasteiger partial charge is 0.313 e. The van der Waals surface area contributed by atoms with Crippen molar-refractivity contribution in [1.29, 1.82) is 0 Å². The summed E-state index contributed by atoms with van der Waals surface area (Å²) in [4.78, 5) is 26.0. The minimum atomic E-state index is -0.692. The summed E-state index contributed by atoms with van der Waals surface area (Å²) >= 11 is 1.60. The third-order valence-corrected chi connectivity index (χ3v) is 4.26. The monoisotopic (exact) mass is 347 g/mol. The molecular weight excluding hydrogens is 326 g/mol. The topological polar surface area (TPSA) is 70.7 Å². The van der Waals surface area contributed by atoms with E-state index >= 15 is 0 Å². The van der Waals surface area contributed by atoms with Gasteiger partial charge in [-0.3, -0.25) is 9.59 Å². The fourth-order valence-electron chi connectivity index (χ4n) is 2.20. The molecule has 2 aromatic rings. The Labute approximate surface area is 145 Å². The zero-order valence-electron chi connectivity index (χ0n) is 13.9. The molecule has 2 N–H and O–H groups in total.